The van der Waals surface area contributed by atoms with E-state index < -0.39 is 0 Å². The Morgan fingerprint density at radius 2 is 1.95 bits per heavy atom. The summed E-state index contributed by atoms with van der Waals surface area (Å²) in [6, 6.07) is 11.9. The Morgan fingerprint density at radius 3 is 2.58 bits per heavy atom. The molecule has 4 nitrogen and oxygen atoms in total. The number of nitriles is 1. The highest BCUT2D eigenvalue weighted by molar-refractivity contribution is 6.32. The topological polar surface area (TPSA) is 68.3 Å². The number of rotatable bonds is 3. The van der Waals surface area contributed by atoms with Gasteiger partial charge in [0.25, 0.3) is 0 Å². The monoisotopic (exact) mass is 274 g/mol. The van der Waals surface area contributed by atoms with Crippen molar-refractivity contribution in [2.45, 2.75) is 0 Å². The molecule has 0 saturated heterocycles. The van der Waals surface area contributed by atoms with E-state index in [4.69, 9.17) is 32.1 Å². The first kappa shape index (κ1) is 13.1. The van der Waals surface area contributed by atoms with Gasteiger partial charge >= 0.3 is 0 Å². The molecule has 2 aromatic carbocycles. The van der Waals surface area contributed by atoms with E-state index in [1.165, 1.54) is 0 Å². The molecule has 0 spiro atoms. The highest BCUT2D eigenvalue weighted by Crippen LogP contribution is 2.34. The van der Waals surface area contributed by atoms with Crippen molar-refractivity contribution in [1.82, 2.24) is 0 Å². The van der Waals surface area contributed by atoms with Gasteiger partial charge in [0.05, 0.1) is 17.7 Å². The fourth-order valence-electron chi connectivity index (χ4n) is 1.52. The third-order valence-corrected chi connectivity index (χ3v) is 2.78. The summed E-state index contributed by atoms with van der Waals surface area (Å²) in [7, 11) is 1.54. The Balaban J connectivity index is 2.39. The quantitative estimate of drug-likeness (QED) is 0.869. The van der Waals surface area contributed by atoms with Crippen molar-refractivity contribution in [3.63, 3.8) is 0 Å². The maximum atomic E-state index is 9.05. The van der Waals surface area contributed by atoms with Gasteiger partial charge in [-0.3, -0.25) is 0 Å². The molecule has 0 aliphatic carbocycles. The van der Waals surface area contributed by atoms with Gasteiger partial charge in [0.15, 0.2) is 0 Å². The van der Waals surface area contributed by atoms with E-state index in [1.807, 2.05) is 6.07 Å². The summed E-state index contributed by atoms with van der Waals surface area (Å²) < 4.78 is 10.7. The van der Waals surface area contributed by atoms with Gasteiger partial charge in [0.2, 0.25) is 0 Å². The first-order valence-electron chi connectivity index (χ1n) is 5.45. The van der Waals surface area contributed by atoms with E-state index in [2.05, 4.69) is 0 Å². The second-order valence-electron chi connectivity index (χ2n) is 3.77. The number of nitrogens with zero attached hydrogens (tertiary/aromatic N) is 1. The molecule has 0 bridgehead atoms. The third-order valence-electron chi connectivity index (χ3n) is 2.49. The summed E-state index contributed by atoms with van der Waals surface area (Å²) >= 11 is 6.03. The number of hydrogen-bond donors (Lipinski definition) is 1. The molecule has 5 heteroatoms. The summed E-state index contributed by atoms with van der Waals surface area (Å²) in [5, 5.41) is 9.43. The molecule has 0 saturated carbocycles. The van der Waals surface area contributed by atoms with Gasteiger partial charge in [0.1, 0.15) is 23.3 Å². The highest BCUT2D eigenvalue weighted by Gasteiger charge is 2.09. The molecule has 2 N–H and O–H groups in total. The molecule has 0 atom stereocenters. The molecule has 0 unspecified atom stereocenters. The Kier molecular flexibility index (Phi) is 3.79. The van der Waals surface area contributed by atoms with Gasteiger partial charge < -0.3 is 15.2 Å². The van der Waals surface area contributed by atoms with Crippen LogP contribution in [0.1, 0.15) is 5.56 Å². The molecule has 0 aliphatic heterocycles. The highest BCUT2D eigenvalue weighted by atomic mass is 35.5. The molecule has 0 radical (unpaired) electrons. The van der Waals surface area contributed by atoms with E-state index in [0.29, 0.717) is 33.5 Å². The predicted molar refractivity (Wildman–Crippen MR) is 73.6 cm³/mol. The molecule has 0 aromatic heterocycles. The van der Waals surface area contributed by atoms with Crippen molar-refractivity contribution < 1.29 is 9.47 Å². The molecule has 2 rings (SSSR count). The average molecular weight is 275 g/mol. The number of halogens is 1. The van der Waals surface area contributed by atoms with Crippen LogP contribution in [0.2, 0.25) is 5.02 Å². The largest absolute Gasteiger partial charge is 0.497 e. The number of hydrogen-bond acceptors (Lipinski definition) is 4. The minimum absolute atomic E-state index is 0.381. The fourth-order valence-corrected chi connectivity index (χ4v) is 1.75. The van der Waals surface area contributed by atoms with Gasteiger partial charge in [-0.05, 0) is 30.3 Å². The van der Waals surface area contributed by atoms with Crippen molar-refractivity contribution in [2.24, 2.45) is 0 Å². The molecular formula is C14H11ClN2O2. The van der Waals surface area contributed by atoms with E-state index in [-0.39, 0.29) is 0 Å². The zero-order valence-electron chi connectivity index (χ0n) is 10.2. The van der Waals surface area contributed by atoms with E-state index in [9.17, 15) is 0 Å². The molecule has 0 heterocycles. The van der Waals surface area contributed by atoms with Crippen LogP contribution in [-0.2, 0) is 0 Å². The zero-order valence-corrected chi connectivity index (χ0v) is 10.9. The van der Waals surface area contributed by atoms with Gasteiger partial charge in [-0.1, -0.05) is 11.6 Å². The first-order valence-corrected chi connectivity index (χ1v) is 5.83. The second-order valence-corrected chi connectivity index (χ2v) is 4.17. The maximum absolute atomic E-state index is 9.05. The van der Waals surface area contributed by atoms with Crippen molar-refractivity contribution in [3.8, 4) is 23.3 Å². The lowest BCUT2D eigenvalue weighted by Gasteiger charge is -2.10. The van der Waals surface area contributed by atoms with Crippen LogP contribution in [-0.4, -0.2) is 7.11 Å². The number of anilines is 1. The summed E-state index contributed by atoms with van der Waals surface area (Å²) in [6.07, 6.45) is 0. The van der Waals surface area contributed by atoms with Crippen molar-refractivity contribution in [2.75, 3.05) is 12.8 Å². The van der Waals surface area contributed by atoms with Crippen LogP contribution in [0.5, 0.6) is 17.2 Å². The Bertz CT molecular complexity index is 650. The summed E-state index contributed by atoms with van der Waals surface area (Å²) in [5.41, 5.74) is 6.55. The van der Waals surface area contributed by atoms with Crippen molar-refractivity contribution in [3.05, 3.63) is 47.0 Å². The zero-order chi connectivity index (χ0) is 13.8. The van der Waals surface area contributed by atoms with Crippen molar-refractivity contribution >= 4 is 17.3 Å². The first-order chi connectivity index (χ1) is 9.13. The van der Waals surface area contributed by atoms with Crippen molar-refractivity contribution in [1.29, 1.82) is 5.26 Å². The predicted octanol–water partition coefficient (Wildman–Crippen LogP) is 3.59. The third kappa shape index (κ3) is 2.90. The molecule has 2 aromatic rings. The van der Waals surface area contributed by atoms with E-state index >= 15 is 0 Å². The molecule has 19 heavy (non-hydrogen) atoms. The van der Waals surface area contributed by atoms with Crippen LogP contribution in [0, 0.1) is 11.3 Å². The minimum Gasteiger partial charge on any atom is -0.497 e. The fraction of sp³-hybridized carbons (Fsp3) is 0.0714. The van der Waals surface area contributed by atoms with Crippen LogP contribution in [0.25, 0.3) is 0 Å². The second kappa shape index (κ2) is 5.51. The Morgan fingerprint density at radius 1 is 1.16 bits per heavy atom. The summed E-state index contributed by atoms with van der Waals surface area (Å²) in [6.45, 7) is 0. The molecular weight excluding hydrogens is 264 g/mol. The average Bonchev–Trinajstić information content (AvgIpc) is 2.41. The van der Waals surface area contributed by atoms with Gasteiger partial charge in [-0.25, -0.2) is 0 Å². The number of nitrogen functional groups attached to an aromatic ring is 1. The van der Waals surface area contributed by atoms with Gasteiger partial charge in [0, 0.05) is 11.8 Å². The number of nitrogens with two attached hydrogens (primary N) is 1. The standard InChI is InChI=1S/C14H11ClN2O2/c1-18-11-4-2-9(8-16)14(7-11)19-13-5-3-10(17)6-12(13)15/h2-7H,17H2,1H3. The van der Waals surface area contributed by atoms with E-state index in [0.717, 1.165) is 0 Å². The smallest absolute Gasteiger partial charge is 0.148 e. The van der Waals surface area contributed by atoms with Gasteiger partial charge in [-0.15, -0.1) is 0 Å². The Labute approximate surface area is 115 Å². The van der Waals surface area contributed by atoms with Crippen LogP contribution in [0.4, 0.5) is 5.69 Å². The molecule has 96 valence electrons. The van der Waals surface area contributed by atoms with Crippen LogP contribution >= 0.6 is 11.6 Å². The maximum Gasteiger partial charge on any atom is 0.148 e. The van der Waals surface area contributed by atoms with Crippen LogP contribution in [0.15, 0.2) is 36.4 Å². The Hall–Kier alpha value is -2.38. The normalized spacial score (nSPS) is 9.74. The lowest BCUT2D eigenvalue weighted by Crippen LogP contribution is -1.92. The van der Waals surface area contributed by atoms with Gasteiger partial charge in [-0.2, -0.15) is 5.26 Å². The molecule has 0 amide bonds. The number of benzene rings is 2. The minimum atomic E-state index is 0.381. The summed E-state index contributed by atoms with van der Waals surface area (Å²) in [5.74, 6) is 1.41. The van der Waals surface area contributed by atoms with E-state index in [1.54, 1.807) is 43.5 Å². The SMILES string of the molecule is COc1ccc(C#N)c(Oc2ccc(N)cc2Cl)c1. The molecule has 0 aliphatic rings. The molecule has 0 fully saturated rings. The van der Waals surface area contributed by atoms with Crippen LogP contribution in [0.3, 0.4) is 0 Å². The van der Waals surface area contributed by atoms with Crippen LogP contribution < -0.4 is 15.2 Å². The number of ether oxygens (including phenoxy) is 2. The lowest BCUT2D eigenvalue weighted by molar-refractivity contribution is 0.409. The summed E-state index contributed by atoms with van der Waals surface area (Å²) in [4.78, 5) is 0. The lowest BCUT2D eigenvalue weighted by atomic mass is 10.2. The number of methoxy groups -OCH3 is 1.